The van der Waals surface area contributed by atoms with Gasteiger partial charge in [-0.15, -0.1) is 0 Å². The molecule has 0 saturated carbocycles. The molecule has 0 aliphatic carbocycles. The Kier molecular flexibility index (Phi) is 3.77. The first-order chi connectivity index (χ1) is 7.81. The van der Waals surface area contributed by atoms with Crippen molar-refractivity contribution in [3.8, 4) is 5.75 Å². The van der Waals surface area contributed by atoms with E-state index in [1.54, 1.807) is 6.92 Å². The Morgan fingerprint density at radius 3 is 2.24 bits per heavy atom. The van der Waals surface area contributed by atoms with Gasteiger partial charge in [-0.1, -0.05) is 0 Å². The largest absolute Gasteiger partial charge is 0.495 e. The Morgan fingerprint density at radius 2 is 1.82 bits per heavy atom. The average molecular weight is 258 g/mol. The summed E-state index contributed by atoms with van der Waals surface area (Å²) in [5.74, 6) is -0.333. The number of methoxy groups -OCH3 is 2. The first-order valence-corrected chi connectivity index (χ1v) is 6.67. The van der Waals surface area contributed by atoms with Crippen LogP contribution in [0, 0.1) is 6.92 Å². The van der Waals surface area contributed by atoms with Gasteiger partial charge in [0.1, 0.15) is 10.6 Å². The minimum Gasteiger partial charge on any atom is -0.495 e. The topological polar surface area (TPSA) is 69.7 Å². The molecule has 94 valence electrons. The summed E-state index contributed by atoms with van der Waals surface area (Å²) in [5, 5.41) is 0. The summed E-state index contributed by atoms with van der Waals surface area (Å²) >= 11 is 0. The second-order valence-electron chi connectivity index (χ2n) is 3.59. The fourth-order valence-electron chi connectivity index (χ4n) is 1.51. The molecule has 0 aliphatic heterocycles. The summed E-state index contributed by atoms with van der Waals surface area (Å²) in [4.78, 5) is 11.4. The number of hydrogen-bond donors (Lipinski definition) is 0. The Balaban J connectivity index is 3.56. The molecule has 0 heterocycles. The number of hydrogen-bond acceptors (Lipinski definition) is 5. The fourth-order valence-corrected chi connectivity index (χ4v) is 2.44. The minimum atomic E-state index is -3.47. The van der Waals surface area contributed by atoms with Crippen LogP contribution in [0.2, 0.25) is 0 Å². The van der Waals surface area contributed by atoms with Crippen molar-refractivity contribution in [1.29, 1.82) is 0 Å². The lowest BCUT2D eigenvalue weighted by atomic mass is 10.1. The predicted molar refractivity (Wildman–Crippen MR) is 62.2 cm³/mol. The third kappa shape index (κ3) is 2.76. The van der Waals surface area contributed by atoms with Gasteiger partial charge in [0, 0.05) is 6.26 Å². The highest BCUT2D eigenvalue weighted by molar-refractivity contribution is 7.90. The third-order valence-corrected chi connectivity index (χ3v) is 3.37. The maximum absolute atomic E-state index is 11.6. The Bertz CT molecular complexity index is 545. The number of ether oxygens (including phenoxy) is 2. The number of rotatable bonds is 3. The Hall–Kier alpha value is -1.56. The van der Waals surface area contributed by atoms with Gasteiger partial charge in [-0.3, -0.25) is 0 Å². The zero-order valence-electron chi connectivity index (χ0n) is 10.1. The van der Waals surface area contributed by atoms with E-state index in [1.165, 1.54) is 26.4 Å². The number of benzene rings is 1. The van der Waals surface area contributed by atoms with Gasteiger partial charge in [0.2, 0.25) is 0 Å². The van der Waals surface area contributed by atoms with Gasteiger partial charge in [-0.05, 0) is 24.6 Å². The molecule has 5 nitrogen and oxygen atoms in total. The number of carbonyl (C=O) groups is 1. The monoisotopic (exact) mass is 258 g/mol. The minimum absolute atomic E-state index is 0.0135. The van der Waals surface area contributed by atoms with Crippen molar-refractivity contribution in [1.82, 2.24) is 0 Å². The van der Waals surface area contributed by atoms with E-state index in [1.807, 2.05) is 0 Å². The van der Waals surface area contributed by atoms with Gasteiger partial charge in [-0.25, -0.2) is 13.2 Å². The van der Waals surface area contributed by atoms with Crippen molar-refractivity contribution >= 4 is 15.8 Å². The predicted octanol–water partition coefficient (Wildman–Crippen LogP) is 1.19. The molecule has 1 rings (SSSR count). The van der Waals surface area contributed by atoms with E-state index >= 15 is 0 Å². The van der Waals surface area contributed by atoms with Crippen molar-refractivity contribution < 1.29 is 22.7 Å². The average Bonchev–Trinajstić information content (AvgIpc) is 2.25. The van der Waals surface area contributed by atoms with Gasteiger partial charge in [-0.2, -0.15) is 0 Å². The SMILES string of the molecule is COC(=O)c1cc(C)c(OC)c(S(C)(=O)=O)c1. The molecule has 6 heteroatoms. The first-order valence-electron chi connectivity index (χ1n) is 4.78. The van der Waals surface area contributed by atoms with Crippen LogP contribution in [0.15, 0.2) is 17.0 Å². The van der Waals surface area contributed by atoms with Crippen molar-refractivity contribution in [3.63, 3.8) is 0 Å². The fraction of sp³-hybridized carbons (Fsp3) is 0.364. The van der Waals surface area contributed by atoms with Crippen LogP contribution in [0.4, 0.5) is 0 Å². The molecule has 17 heavy (non-hydrogen) atoms. The summed E-state index contributed by atoms with van der Waals surface area (Å²) < 4.78 is 32.8. The van der Waals surface area contributed by atoms with Crippen LogP contribution in [-0.4, -0.2) is 34.9 Å². The summed E-state index contributed by atoms with van der Waals surface area (Å²) in [6.07, 6.45) is 1.06. The molecular weight excluding hydrogens is 244 g/mol. The standard InChI is InChI=1S/C11H14O5S/c1-7-5-8(11(12)16-3)6-9(10(7)15-2)17(4,13)14/h5-6H,1-4H3. The molecule has 0 unspecified atom stereocenters. The molecule has 0 bridgehead atoms. The Morgan fingerprint density at radius 1 is 1.24 bits per heavy atom. The molecule has 0 atom stereocenters. The molecule has 0 amide bonds. The molecule has 1 aromatic carbocycles. The molecule has 0 spiro atoms. The number of aryl methyl sites for hydroxylation is 1. The number of sulfone groups is 1. The van der Waals surface area contributed by atoms with Gasteiger partial charge in [0.15, 0.2) is 9.84 Å². The maximum Gasteiger partial charge on any atom is 0.337 e. The molecule has 0 radical (unpaired) electrons. The number of carbonyl (C=O) groups excluding carboxylic acids is 1. The zero-order valence-corrected chi connectivity index (χ0v) is 10.9. The van der Waals surface area contributed by atoms with Gasteiger partial charge < -0.3 is 9.47 Å². The van der Waals surface area contributed by atoms with Crippen LogP contribution in [0.5, 0.6) is 5.75 Å². The molecular formula is C11H14O5S. The van der Waals surface area contributed by atoms with Crippen molar-refractivity contribution in [2.75, 3.05) is 20.5 Å². The third-order valence-electron chi connectivity index (χ3n) is 2.27. The zero-order chi connectivity index (χ0) is 13.2. The maximum atomic E-state index is 11.6. The van der Waals surface area contributed by atoms with E-state index in [2.05, 4.69) is 4.74 Å². The van der Waals surface area contributed by atoms with Crippen LogP contribution in [0.1, 0.15) is 15.9 Å². The molecule has 1 aromatic rings. The molecule has 0 aliphatic rings. The molecule has 0 aromatic heterocycles. The quantitative estimate of drug-likeness (QED) is 0.762. The number of esters is 1. The lowest BCUT2D eigenvalue weighted by Gasteiger charge is -2.11. The molecule has 0 fully saturated rings. The Labute approximate surface area is 100 Å². The van der Waals surface area contributed by atoms with Crippen molar-refractivity contribution in [2.24, 2.45) is 0 Å². The first kappa shape index (κ1) is 13.5. The van der Waals surface area contributed by atoms with Crippen LogP contribution in [0.25, 0.3) is 0 Å². The van der Waals surface area contributed by atoms with E-state index in [9.17, 15) is 13.2 Å². The highest BCUT2D eigenvalue weighted by atomic mass is 32.2. The summed E-state index contributed by atoms with van der Waals surface area (Å²) in [7, 11) is -0.843. The lowest BCUT2D eigenvalue weighted by molar-refractivity contribution is 0.0600. The lowest BCUT2D eigenvalue weighted by Crippen LogP contribution is -2.07. The highest BCUT2D eigenvalue weighted by Crippen LogP contribution is 2.29. The van der Waals surface area contributed by atoms with E-state index in [4.69, 9.17) is 4.74 Å². The van der Waals surface area contributed by atoms with Gasteiger partial charge >= 0.3 is 5.97 Å². The van der Waals surface area contributed by atoms with E-state index in [0.29, 0.717) is 5.56 Å². The smallest absolute Gasteiger partial charge is 0.337 e. The molecule has 0 saturated heterocycles. The van der Waals surface area contributed by atoms with E-state index in [-0.39, 0.29) is 16.2 Å². The normalized spacial score (nSPS) is 11.1. The van der Waals surface area contributed by atoms with Crippen LogP contribution in [0.3, 0.4) is 0 Å². The van der Waals surface area contributed by atoms with E-state index in [0.717, 1.165) is 6.26 Å². The highest BCUT2D eigenvalue weighted by Gasteiger charge is 2.20. The van der Waals surface area contributed by atoms with Crippen LogP contribution < -0.4 is 4.74 Å². The van der Waals surface area contributed by atoms with Gasteiger partial charge in [0.05, 0.1) is 19.8 Å². The summed E-state index contributed by atoms with van der Waals surface area (Å²) in [5.41, 5.74) is 0.752. The second-order valence-corrected chi connectivity index (χ2v) is 5.57. The molecule has 0 N–H and O–H groups in total. The van der Waals surface area contributed by atoms with E-state index < -0.39 is 15.8 Å². The summed E-state index contributed by atoms with van der Waals surface area (Å²) in [6, 6.07) is 2.78. The summed E-state index contributed by atoms with van der Waals surface area (Å²) in [6.45, 7) is 1.67. The van der Waals surface area contributed by atoms with Crippen molar-refractivity contribution in [2.45, 2.75) is 11.8 Å². The van der Waals surface area contributed by atoms with Gasteiger partial charge in [0.25, 0.3) is 0 Å². The van der Waals surface area contributed by atoms with Crippen LogP contribution in [-0.2, 0) is 14.6 Å². The second kappa shape index (κ2) is 4.75. The van der Waals surface area contributed by atoms with Crippen LogP contribution >= 0.6 is 0 Å². The van der Waals surface area contributed by atoms with Crippen molar-refractivity contribution in [3.05, 3.63) is 23.3 Å².